The topological polar surface area (TPSA) is 40.9 Å². The van der Waals surface area contributed by atoms with Crippen LogP contribution >= 0.6 is 0 Å². The molecule has 1 aromatic rings. The monoisotopic (exact) mass is 177 g/mol. The molecule has 0 unspecified atom stereocenters. The molecule has 0 N–H and O–H groups in total. The number of carbonyl (C=O) groups excluding carboxylic acids is 1. The fraction of sp³-hybridized carbons (Fsp3) is 0.200. The van der Waals surface area contributed by atoms with Crippen LogP contribution in [0.3, 0.4) is 0 Å². The molecule has 0 fully saturated rings. The smallest absolute Gasteiger partial charge is 0.162 e. The largest absolute Gasteiger partial charge is 0.294 e. The highest BCUT2D eigenvalue weighted by Gasteiger charge is 2.07. The van der Waals surface area contributed by atoms with Crippen molar-refractivity contribution in [2.45, 2.75) is 13.3 Å². The van der Waals surface area contributed by atoms with Gasteiger partial charge in [0.15, 0.2) is 5.78 Å². The first-order chi connectivity index (χ1) is 6.19. The number of ketones is 1. The Hall–Kier alpha value is -1.69. The van der Waals surface area contributed by atoms with Gasteiger partial charge < -0.3 is 0 Å². The van der Waals surface area contributed by atoms with E-state index in [2.05, 4.69) is 0 Å². The Labute approximate surface area is 75.6 Å². The minimum atomic E-state index is -0.637. The maximum atomic E-state index is 13.0. The van der Waals surface area contributed by atoms with Crippen molar-refractivity contribution in [3.05, 3.63) is 35.1 Å². The Bertz CT molecular complexity index is 379. The van der Waals surface area contributed by atoms with Gasteiger partial charge in [-0.05, 0) is 18.2 Å². The van der Waals surface area contributed by atoms with Gasteiger partial charge in [-0.2, -0.15) is 5.26 Å². The fourth-order valence-corrected chi connectivity index (χ4v) is 0.983. The van der Waals surface area contributed by atoms with Gasteiger partial charge in [0.25, 0.3) is 0 Å². The van der Waals surface area contributed by atoms with Crippen molar-refractivity contribution in [3.63, 3.8) is 0 Å². The van der Waals surface area contributed by atoms with Crippen molar-refractivity contribution < 1.29 is 9.18 Å². The second kappa shape index (κ2) is 3.81. The molecule has 66 valence electrons. The average Bonchev–Trinajstić information content (AvgIpc) is 2.16. The number of benzene rings is 1. The van der Waals surface area contributed by atoms with Gasteiger partial charge in [0, 0.05) is 12.0 Å². The van der Waals surface area contributed by atoms with E-state index in [4.69, 9.17) is 5.26 Å². The van der Waals surface area contributed by atoms with Crippen molar-refractivity contribution in [3.8, 4) is 6.07 Å². The molecular weight excluding hydrogens is 169 g/mol. The normalized spacial score (nSPS) is 9.31. The van der Waals surface area contributed by atoms with Crippen molar-refractivity contribution in [2.75, 3.05) is 0 Å². The third-order valence-electron chi connectivity index (χ3n) is 1.73. The van der Waals surface area contributed by atoms with E-state index >= 15 is 0 Å². The molecule has 0 bridgehead atoms. The number of hydrogen-bond acceptors (Lipinski definition) is 2. The zero-order valence-electron chi connectivity index (χ0n) is 7.17. The second-order valence-electron chi connectivity index (χ2n) is 2.58. The van der Waals surface area contributed by atoms with E-state index < -0.39 is 5.82 Å². The number of rotatable bonds is 2. The summed E-state index contributed by atoms with van der Waals surface area (Å²) in [7, 11) is 0. The van der Waals surface area contributed by atoms with Crippen molar-refractivity contribution in [1.29, 1.82) is 5.26 Å². The minimum absolute atomic E-state index is 0.0346. The van der Waals surface area contributed by atoms with Crippen LogP contribution in [0.25, 0.3) is 0 Å². The standard InChI is InChI=1S/C10H8FNO/c1-2-10(13)7-3-4-8(6-12)9(11)5-7/h3-5H,2H2,1H3. The first-order valence-corrected chi connectivity index (χ1v) is 3.92. The lowest BCUT2D eigenvalue weighted by Crippen LogP contribution is -1.97. The molecule has 0 heterocycles. The van der Waals surface area contributed by atoms with E-state index in [1.165, 1.54) is 12.1 Å². The average molecular weight is 177 g/mol. The van der Waals surface area contributed by atoms with E-state index in [0.29, 0.717) is 12.0 Å². The van der Waals surface area contributed by atoms with Crippen LogP contribution in [0.5, 0.6) is 0 Å². The molecule has 0 aliphatic carbocycles. The zero-order valence-corrected chi connectivity index (χ0v) is 7.17. The van der Waals surface area contributed by atoms with E-state index in [1.54, 1.807) is 13.0 Å². The zero-order chi connectivity index (χ0) is 9.84. The molecular formula is C10H8FNO. The van der Waals surface area contributed by atoms with Crippen LogP contribution in [0.4, 0.5) is 4.39 Å². The highest BCUT2D eigenvalue weighted by Crippen LogP contribution is 2.10. The van der Waals surface area contributed by atoms with Crippen molar-refractivity contribution in [2.24, 2.45) is 0 Å². The van der Waals surface area contributed by atoms with Gasteiger partial charge in [-0.3, -0.25) is 4.79 Å². The molecule has 13 heavy (non-hydrogen) atoms. The van der Waals surface area contributed by atoms with E-state index in [-0.39, 0.29) is 11.3 Å². The highest BCUT2D eigenvalue weighted by molar-refractivity contribution is 5.95. The lowest BCUT2D eigenvalue weighted by atomic mass is 10.1. The molecule has 1 aromatic carbocycles. The summed E-state index contributed by atoms with van der Waals surface area (Å²) in [4.78, 5) is 11.1. The summed E-state index contributed by atoms with van der Waals surface area (Å²) in [5, 5.41) is 8.43. The van der Waals surface area contributed by atoms with Crippen LogP contribution in [0, 0.1) is 17.1 Å². The predicted molar refractivity (Wildman–Crippen MR) is 45.7 cm³/mol. The summed E-state index contributed by atoms with van der Waals surface area (Å²) in [6.45, 7) is 1.71. The number of halogens is 1. The summed E-state index contributed by atoms with van der Waals surface area (Å²) in [5.41, 5.74) is 0.284. The third-order valence-corrected chi connectivity index (χ3v) is 1.73. The van der Waals surface area contributed by atoms with Crippen LogP contribution in [0.2, 0.25) is 0 Å². The molecule has 1 rings (SSSR count). The van der Waals surface area contributed by atoms with Gasteiger partial charge in [0.05, 0.1) is 5.56 Å². The predicted octanol–water partition coefficient (Wildman–Crippen LogP) is 2.29. The maximum absolute atomic E-state index is 13.0. The van der Waals surface area contributed by atoms with E-state index in [9.17, 15) is 9.18 Å². The van der Waals surface area contributed by atoms with Gasteiger partial charge >= 0.3 is 0 Å². The lowest BCUT2D eigenvalue weighted by molar-refractivity contribution is 0.0987. The lowest BCUT2D eigenvalue weighted by Gasteiger charge is -1.98. The second-order valence-corrected chi connectivity index (χ2v) is 2.58. The molecule has 0 spiro atoms. The van der Waals surface area contributed by atoms with Crippen LogP contribution in [-0.4, -0.2) is 5.78 Å². The van der Waals surface area contributed by atoms with Gasteiger partial charge in [0.1, 0.15) is 11.9 Å². The summed E-state index contributed by atoms with van der Waals surface area (Å²) in [5.74, 6) is -0.759. The van der Waals surface area contributed by atoms with Gasteiger partial charge in [-0.15, -0.1) is 0 Å². The summed E-state index contributed by atoms with van der Waals surface area (Å²) in [6.07, 6.45) is 0.339. The van der Waals surface area contributed by atoms with E-state index in [0.717, 1.165) is 6.07 Å². The number of carbonyl (C=O) groups is 1. The Balaban J connectivity index is 3.11. The first-order valence-electron chi connectivity index (χ1n) is 3.92. The Morgan fingerprint density at radius 3 is 2.77 bits per heavy atom. The van der Waals surface area contributed by atoms with Crippen molar-refractivity contribution in [1.82, 2.24) is 0 Å². The number of nitriles is 1. The molecule has 3 heteroatoms. The summed E-state index contributed by atoms with van der Waals surface area (Å²) in [6, 6.07) is 5.58. The Kier molecular flexibility index (Phi) is 2.76. The highest BCUT2D eigenvalue weighted by atomic mass is 19.1. The van der Waals surface area contributed by atoms with E-state index in [1.807, 2.05) is 0 Å². The SMILES string of the molecule is CCC(=O)c1ccc(C#N)c(F)c1. The van der Waals surface area contributed by atoms with Crippen LogP contribution in [-0.2, 0) is 0 Å². The van der Waals surface area contributed by atoms with Crippen LogP contribution < -0.4 is 0 Å². The van der Waals surface area contributed by atoms with Crippen molar-refractivity contribution >= 4 is 5.78 Å². The quantitative estimate of drug-likeness (QED) is 0.650. The number of Topliss-reactive ketones (excluding diaryl/α,β-unsaturated/α-hetero) is 1. The molecule has 0 aromatic heterocycles. The Morgan fingerprint density at radius 1 is 1.62 bits per heavy atom. The number of hydrogen-bond donors (Lipinski definition) is 0. The third kappa shape index (κ3) is 1.91. The first kappa shape index (κ1) is 9.40. The fourth-order valence-electron chi connectivity index (χ4n) is 0.983. The molecule has 0 saturated heterocycles. The van der Waals surface area contributed by atoms with Gasteiger partial charge in [-0.1, -0.05) is 6.92 Å². The van der Waals surface area contributed by atoms with Gasteiger partial charge in [0.2, 0.25) is 0 Å². The molecule has 0 atom stereocenters. The molecule has 0 aliphatic rings. The van der Waals surface area contributed by atoms with Crippen LogP contribution in [0.15, 0.2) is 18.2 Å². The Morgan fingerprint density at radius 2 is 2.31 bits per heavy atom. The van der Waals surface area contributed by atoms with Gasteiger partial charge in [-0.25, -0.2) is 4.39 Å². The molecule has 0 aliphatic heterocycles. The molecule has 0 amide bonds. The summed E-state index contributed by atoms with van der Waals surface area (Å²) >= 11 is 0. The minimum Gasteiger partial charge on any atom is -0.294 e. The molecule has 0 saturated carbocycles. The number of nitrogens with zero attached hydrogens (tertiary/aromatic N) is 1. The molecule has 2 nitrogen and oxygen atoms in total. The van der Waals surface area contributed by atoms with Crippen LogP contribution in [0.1, 0.15) is 29.3 Å². The molecule has 0 radical (unpaired) electrons. The summed E-state index contributed by atoms with van der Waals surface area (Å²) < 4.78 is 13.0. The maximum Gasteiger partial charge on any atom is 0.162 e.